The quantitative estimate of drug-likeness (QED) is 0.472. The fourth-order valence-corrected chi connectivity index (χ4v) is 4.28. The number of carbonyl (C=O) groups is 2. The molecule has 7 nitrogen and oxygen atoms in total. The highest BCUT2D eigenvalue weighted by molar-refractivity contribution is 7.89. The Labute approximate surface area is 206 Å². The Morgan fingerprint density at radius 2 is 1.49 bits per heavy atom. The minimum atomic E-state index is -3.68. The number of hydrogen-bond acceptors (Lipinski definition) is 5. The number of likely N-dealkylation sites (N-methyl/N-ethyl adjacent to an activating group) is 1. The molecule has 1 amide bonds. The van der Waals surface area contributed by atoms with Gasteiger partial charge in [-0.1, -0.05) is 63.2 Å². The first-order valence-electron chi connectivity index (χ1n) is 11.2. The van der Waals surface area contributed by atoms with Crippen LogP contribution in [0.5, 0.6) is 0 Å². The maximum absolute atomic E-state index is 12.6. The normalized spacial score (nSPS) is 11.7. The van der Waals surface area contributed by atoms with E-state index in [4.69, 9.17) is 4.74 Å². The molecule has 0 atom stereocenters. The molecule has 0 unspecified atom stereocenters. The summed E-state index contributed by atoms with van der Waals surface area (Å²) in [5.74, 6) is -0.989. The van der Waals surface area contributed by atoms with E-state index in [1.54, 1.807) is 43.4 Å². The highest BCUT2D eigenvalue weighted by Crippen LogP contribution is 2.23. The predicted molar refractivity (Wildman–Crippen MR) is 136 cm³/mol. The Morgan fingerprint density at radius 1 is 0.886 bits per heavy atom. The van der Waals surface area contributed by atoms with Gasteiger partial charge in [-0.3, -0.25) is 4.79 Å². The molecule has 3 aromatic carbocycles. The van der Waals surface area contributed by atoms with E-state index in [2.05, 4.69) is 25.5 Å². The number of esters is 1. The molecule has 0 aliphatic rings. The van der Waals surface area contributed by atoms with Crippen LogP contribution in [0.3, 0.4) is 0 Å². The van der Waals surface area contributed by atoms with Gasteiger partial charge in [0.2, 0.25) is 10.0 Å². The lowest BCUT2D eigenvalue weighted by molar-refractivity contribution is -0.121. The van der Waals surface area contributed by atoms with Gasteiger partial charge in [-0.15, -0.1) is 0 Å². The summed E-state index contributed by atoms with van der Waals surface area (Å²) >= 11 is 0. The number of carbonyl (C=O) groups excluding carboxylic acids is 2. The van der Waals surface area contributed by atoms with Gasteiger partial charge < -0.3 is 9.64 Å². The minimum Gasteiger partial charge on any atom is -0.452 e. The molecule has 3 aromatic rings. The maximum atomic E-state index is 12.6. The third-order valence-electron chi connectivity index (χ3n) is 5.53. The number of benzene rings is 3. The van der Waals surface area contributed by atoms with Crippen LogP contribution in [0.4, 0.5) is 5.69 Å². The van der Waals surface area contributed by atoms with Crippen LogP contribution >= 0.6 is 0 Å². The van der Waals surface area contributed by atoms with Crippen LogP contribution < -0.4 is 9.62 Å². The van der Waals surface area contributed by atoms with Crippen molar-refractivity contribution in [3.8, 4) is 0 Å². The van der Waals surface area contributed by atoms with Crippen LogP contribution in [0.1, 0.15) is 42.3 Å². The summed E-state index contributed by atoms with van der Waals surface area (Å²) < 4.78 is 33.0. The number of sulfonamides is 1. The van der Waals surface area contributed by atoms with Gasteiger partial charge in [-0.25, -0.2) is 17.9 Å². The van der Waals surface area contributed by atoms with Crippen LogP contribution in [-0.2, 0) is 31.5 Å². The van der Waals surface area contributed by atoms with Gasteiger partial charge in [0.1, 0.15) is 0 Å². The Morgan fingerprint density at radius 3 is 2.06 bits per heavy atom. The number of para-hydroxylation sites is 1. The molecule has 1 N–H and O–H groups in total. The molecule has 0 saturated heterocycles. The van der Waals surface area contributed by atoms with Crippen molar-refractivity contribution < 1.29 is 22.7 Å². The van der Waals surface area contributed by atoms with Crippen molar-refractivity contribution in [3.05, 3.63) is 95.6 Å². The Balaban J connectivity index is 1.54. The first-order valence-corrected chi connectivity index (χ1v) is 12.6. The molecule has 0 aliphatic carbocycles. The largest absolute Gasteiger partial charge is 0.452 e. The first kappa shape index (κ1) is 26.1. The van der Waals surface area contributed by atoms with Crippen LogP contribution in [0.2, 0.25) is 0 Å². The molecule has 0 bridgehead atoms. The third-order valence-corrected chi connectivity index (χ3v) is 6.95. The van der Waals surface area contributed by atoms with Gasteiger partial charge in [0.15, 0.2) is 6.61 Å². The number of rotatable bonds is 8. The van der Waals surface area contributed by atoms with E-state index in [0.717, 1.165) is 5.56 Å². The number of amides is 1. The number of nitrogens with zero attached hydrogens (tertiary/aromatic N) is 1. The zero-order chi connectivity index (χ0) is 25.6. The molecule has 35 heavy (non-hydrogen) atoms. The number of nitrogens with one attached hydrogen (secondary N) is 1. The average molecular weight is 495 g/mol. The van der Waals surface area contributed by atoms with Crippen molar-refractivity contribution in [2.24, 2.45) is 0 Å². The average Bonchev–Trinajstić information content (AvgIpc) is 2.86. The first-order chi connectivity index (χ1) is 16.5. The second-order valence-corrected chi connectivity index (χ2v) is 10.9. The molecule has 0 radical (unpaired) electrons. The van der Waals surface area contributed by atoms with Crippen molar-refractivity contribution in [2.45, 2.75) is 37.6 Å². The number of hydrogen-bond donors (Lipinski definition) is 1. The Bertz CT molecular complexity index is 1260. The fourth-order valence-electron chi connectivity index (χ4n) is 3.26. The monoisotopic (exact) mass is 494 g/mol. The van der Waals surface area contributed by atoms with Crippen LogP contribution in [0.15, 0.2) is 83.8 Å². The highest BCUT2D eigenvalue weighted by Gasteiger charge is 2.18. The van der Waals surface area contributed by atoms with E-state index in [9.17, 15) is 18.0 Å². The zero-order valence-electron chi connectivity index (χ0n) is 20.3. The van der Waals surface area contributed by atoms with E-state index < -0.39 is 16.0 Å². The van der Waals surface area contributed by atoms with Gasteiger partial charge in [0.25, 0.3) is 5.91 Å². The molecule has 0 saturated carbocycles. The van der Waals surface area contributed by atoms with Crippen LogP contribution in [0.25, 0.3) is 0 Å². The predicted octanol–water partition coefficient (Wildman–Crippen LogP) is 4.28. The molecular weight excluding hydrogens is 464 g/mol. The van der Waals surface area contributed by atoms with Gasteiger partial charge in [0.05, 0.1) is 10.5 Å². The molecule has 0 spiro atoms. The van der Waals surface area contributed by atoms with E-state index in [0.29, 0.717) is 11.3 Å². The van der Waals surface area contributed by atoms with E-state index >= 15 is 0 Å². The molecule has 0 aromatic heterocycles. The maximum Gasteiger partial charge on any atom is 0.338 e. The third kappa shape index (κ3) is 7.00. The molecule has 8 heteroatoms. The topological polar surface area (TPSA) is 92.8 Å². The standard InChI is InChI=1S/C27H30N2O5S/c1-27(2,3)22-14-16-24(17-15-22)35(32,33)28-18-20-10-12-21(13-11-20)26(31)34-19-25(30)29(4)23-8-6-5-7-9-23/h5-17,28H,18-19H2,1-4H3. The summed E-state index contributed by atoms with van der Waals surface area (Å²) in [6.07, 6.45) is 0. The molecule has 184 valence electrons. The molecule has 0 heterocycles. The van der Waals surface area contributed by atoms with Crippen molar-refractivity contribution in [3.63, 3.8) is 0 Å². The highest BCUT2D eigenvalue weighted by atomic mass is 32.2. The fraction of sp³-hybridized carbons (Fsp3) is 0.259. The lowest BCUT2D eigenvalue weighted by atomic mass is 9.87. The van der Waals surface area contributed by atoms with Gasteiger partial charge >= 0.3 is 5.97 Å². The van der Waals surface area contributed by atoms with Gasteiger partial charge in [-0.05, 0) is 52.9 Å². The van der Waals surface area contributed by atoms with Crippen molar-refractivity contribution >= 4 is 27.6 Å². The number of anilines is 1. The minimum absolute atomic E-state index is 0.0658. The number of ether oxygens (including phenoxy) is 1. The molecule has 0 aliphatic heterocycles. The summed E-state index contributed by atoms with van der Waals surface area (Å²) in [5, 5.41) is 0. The molecular formula is C27H30N2O5S. The SMILES string of the molecule is CN(C(=O)COC(=O)c1ccc(CNS(=O)(=O)c2ccc(C(C)(C)C)cc2)cc1)c1ccccc1. The summed E-state index contributed by atoms with van der Waals surface area (Å²) in [4.78, 5) is 26.2. The Hall–Kier alpha value is -3.49. The second-order valence-electron chi connectivity index (χ2n) is 9.16. The van der Waals surface area contributed by atoms with Gasteiger partial charge in [0, 0.05) is 19.3 Å². The smallest absolute Gasteiger partial charge is 0.338 e. The van der Waals surface area contributed by atoms with Crippen molar-refractivity contribution in [2.75, 3.05) is 18.6 Å². The summed E-state index contributed by atoms with van der Waals surface area (Å²) in [6.45, 7) is 5.87. The lowest BCUT2D eigenvalue weighted by Gasteiger charge is -2.19. The Kier molecular flexibility index (Phi) is 8.09. The lowest BCUT2D eigenvalue weighted by Crippen LogP contribution is -2.31. The van der Waals surface area contributed by atoms with Gasteiger partial charge in [-0.2, -0.15) is 0 Å². The van der Waals surface area contributed by atoms with Crippen LogP contribution in [-0.4, -0.2) is 33.9 Å². The van der Waals surface area contributed by atoms with Crippen molar-refractivity contribution in [1.29, 1.82) is 0 Å². The van der Waals surface area contributed by atoms with Crippen molar-refractivity contribution in [1.82, 2.24) is 4.72 Å². The molecule has 0 fully saturated rings. The van der Waals surface area contributed by atoms with E-state index in [1.807, 2.05) is 30.3 Å². The zero-order valence-corrected chi connectivity index (χ0v) is 21.1. The van der Waals surface area contributed by atoms with E-state index in [1.165, 1.54) is 17.0 Å². The van der Waals surface area contributed by atoms with E-state index in [-0.39, 0.29) is 34.9 Å². The summed E-state index contributed by atoms with van der Waals surface area (Å²) in [6, 6.07) is 22.2. The van der Waals surface area contributed by atoms with Crippen LogP contribution in [0, 0.1) is 0 Å². The summed E-state index contributed by atoms with van der Waals surface area (Å²) in [5.41, 5.74) is 2.63. The summed E-state index contributed by atoms with van der Waals surface area (Å²) in [7, 11) is -2.07. The molecule has 3 rings (SSSR count). The second kappa shape index (κ2) is 10.8.